The van der Waals surface area contributed by atoms with Gasteiger partial charge in [0.05, 0.1) is 0 Å². The van der Waals surface area contributed by atoms with Crippen molar-refractivity contribution in [1.82, 2.24) is 4.98 Å². The molecule has 0 aliphatic heterocycles. The third-order valence-corrected chi connectivity index (χ3v) is 2.53. The fourth-order valence-electron chi connectivity index (χ4n) is 1.70. The molecule has 1 aromatic carbocycles. The molecule has 76 valence electrons. The molecule has 0 aliphatic rings. The second-order valence-corrected chi connectivity index (χ2v) is 3.83. The number of aryl methyl sites for hydroxylation is 1. The van der Waals surface area contributed by atoms with Crippen LogP contribution in [-0.2, 0) is 0 Å². The van der Waals surface area contributed by atoms with E-state index < -0.39 is 0 Å². The number of nitrogens with one attached hydrogen (secondary N) is 1. The summed E-state index contributed by atoms with van der Waals surface area (Å²) >= 11 is 0. The first-order valence-corrected chi connectivity index (χ1v) is 4.88. The van der Waals surface area contributed by atoms with E-state index in [-0.39, 0.29) is 5.56 Å². The number of benzene rings is 1. The Morgan fingerprint density at radius 1 is 1.40 bits per heavy atom. The molecule has 2 heteroatoms. The quantitative estimate of drug-likeness (QED) is 0.752. The van der Waals surface area contributed by atoms with Gasteiger partial charge in [-0.05, 0) is 31.5 Å². The van der Waals surface area contributed by atoms with Crippen LogP contribution in [0.5, 0.6) is 0 Å². The van der Waals surface area contributed by atoms with Gasteiger partial charge in [0.2, 0.25) is 0 Å². The second-order valence-electron chi connectivity index (χ2n) is 3.83. The molecule has 1 aromatic heterocycles. The molecule has 2 aromatic rings. The highest BCUT2D eigenvalue weighted by Crippen LogP contribution is 2.22. The summed E-state index contributed by atoms with van der Waals surface area (Å²) in [5.41, 5.74) is 3.67. The van der Waals surface area contributed by atoms with Crippen LogP contribution in [0.1, 0.15) is 18.1 Å². The van der Waals surface area contributed by atoms with Crippen molar-refractivity contribution in [2.24, 2.45) is 0 Å². The van der Waals surface area contributed by atoms with Crippen molar-refractivity contribution in [1.29, 1.82) is 0 Å². The standard InChI is InChI=1S/C13H13NO/c1-8(2)10-5-4-6-12-11(10)7-9(3)13(15)14-12/h4-7H,1H2,2-3H3,(H,14,15). The number of H-pyrrole nitrogens is 1. The van der Waals surface area contributed by atoms with E-state index in [0.29, 0.717) is 0 Å². The Balaban J connectivity index is 2.92. The van der Waals surface area contributed by atoms with Gasteiger partial charge in [0.15, 0.2) is 0 Å². The molecule has 0 spiro atoms. The van der Waals surface area contributed by atoms with Crippen LogP contribution in [0.15, 0.2) is 35.6 Å². The van der Waals surface area contributed by atoms with E-state index in [0.717, 1.165) is 27.6 Å². The summed E-state index contributed by atoms with van der Waals surface area (Å²) in [7, 11) is 0. The second kappa shape index (κ2) is 3.39. The SMILES string of the molecule is C=C(C)c1cccc2[nH]c(=O)c(C)cc12. The molecule has 15 heavy (non-hydrogen) atoms. The first-order chi connectivity index (χ1) is 7.09. The predicted molar refractivity (Wildman–Crippen MR) is 64.0 cm³/mol. The molecule has 0 saturated heterocycles. The third-order valence-electron chi connectivity index (χ3n) is 2.53. The van der Waals surface area contributed by atoms with Gasteiger partial charge in [-0.2, -0.15) is 0 Å². The molecule has 1 heterocycles. The van der Waals surface area contributed by atoms with Gasteiger partial charge in [0, 0.05) is 16.5 Å². The summed E-state index contributed by atoms with van der Waals surface area (Å²) in [6.45, 7) is 7.72. The van der Waals surface area contributed by atoms with Crippen LogP contribution in [0.25, 0.3) is 16.5 Å². The predicted octanol–water partition coefficient (Wildman–Crippen LogP) is 2.87. The maximum absolute atomic E-state index is 11.4. The van der Waals surface area contributed by atoms with Crippen molar-refractivity contribution in [3.8, 4) is 0 Å². The average Bonchev–Trinajstić information content (AvgIpc) is 2.18. The minimum Gasteiger partial charge on any atom is -0.322 e. The van der Waals surface area contributed by atoms with Crippen LogP contribution in [0.3, 0.4) is 0 Å². The van der Waals surface area contributed by atoms with Crippen molar-refractivity contribution < 1.29 is 0 Å². The lowest BCUT2D eigenvalue weighted by Gasteiger charge is -2.06. The molecular weight excluding hydrogens is 186 g/mol. The van der Waals surface area contributed by atoms with Gasteiger partial charge in [-0.25, -0.2) is 0 Å². The fourth-order valence-corrected chi connectivity index (χ4v) is 1.70. The van der Waals surface area contributed by atoms with Gasteiger partial charge in [-0.15, -0.1) is 0 Å². The molecule has 0 amide bonds. The highest BCUT2D eigenvalue weighted by atomic mass is 16.1. The molecule has 0 atom stereocenters. The fraction of sp³-hybridized carbons (Fsp3) is 0.154. The molecule has 0 unspecified atom stereocenters. The summed E-state index contributed by atoms with van der Waals surface area (Å²) < 4.78 is 0. The largest absolute Gasteiger partial charge is 0.322 e. The number of fused-ring (bicyclic) bond motifs is 1. The van der Waals surface area contributed by atoms with E-state index in [1.165, 1.54) is 0 Å². The van der Waals surface area contributed by atoms with Gasteiger partial charge < -0.3 is 4.98 Å². The minimum absolute atomic E-state index is 0.0265. The third kappa shape index (κ3) is 1.59. The molecule has 0 bridgehead atoms. The number of hydrogen-bond donors (Lipinski definition) is 1. The zero-order valence-electron chi connectivity index (χ0n) is 8.92. The highest BCUT2D eigenvalue weighted by Gasteiger charge is 2.03. The molecule has 0 aliphatic carbocycles. The molecule has 2 rings (SSSR count). The van der Waals surface area contributed by atoms with Crippen LogP contribution < -0.4 is 5.56 Å². The van der Waals surface area contributed by atoms with E-state index >= 15 is 0 Å². The zero-order valence-corrected chi connectivity index (χ0v) is 8.92. The van der Waals surface area contributed by atoms with Crippen molar-refractivity contribution in [2.45, 2.75) is 13.8 Å². The Bertz CT molecular complexity index is 593. The van der Waals surface area contributed by atoms with Gasteiger partial charge in [0.1, 0.15) is 0 Å². The summed E-state index contributed by atoms with van der Waals surface area (Å²) in [5.74, 6) is 0. The van der Waals surface area contributed by atoms with Crippen molar-refractivity contribution in [2.75, 3.05) is 0 Å². The molecular formula is C13H13NO. The summed E-state index contributed by atoms with van der Waals surface area (Å²) in [6, 6.07) is 7.76. The van der Waals surface area contributed by atoms with Crippen LogP contribution in [0, 0.1) is 6.92 Å². The first-order valence-electron chi connectivity index (χ1n) is 4.88. The van der Waals surface area contributed by atoms with E-state index in [1.807, 2.05) is 38.1 Å². The summed E-state index contributed by atoms with van der Waals surface area (Å²) in [4.78, 5) is 14.3. The van der Waals surface area contributed by atoms with E-state index in [4.69, 9.17) is 0 Å². The maximum atomic E-state index is 11.4. The van der Waals surface area contributed by atoms with Crippen LogP contribution in [0.2, 0.25) is 0 Å². The summed E-state index contributed by atoms with van der Waals surface area (Å²) in [5, 5.41) is 1.06. The van der Waals surface area contributed by atoms with Crippen molar-refractivity contribution in [3.63, 3.8) is 0 Å². The Labute approximate surface area is 88.3 Å². The normalized spacial score (nSPS) is 10.5. The van der Waals surface area contributed by atoms with Gasteiger partial charge in [-0.1, -0.05) is 24.3 Å². The first kappa shape index (κ1) is 9.71. The van der Waals surface area contributed by atoms with Crippen LogP contribution in [-0.4, -0.2) is 4.98 Å². The smallest absolute Gasteiger partial charge is 0.251 e. The zero-order chi connectivity index (χ0) is 11.0. The van der Waals surface area contributed by atoms with Crippen molar-refractivity contribution in [3.05, 3.63) is 52.3 Å². The Morgan fingerprint density at radius 3 is 2.80 bits per heavy atom. The van der Waals surface area contributed by atoms with Crippen molar-refractivity contribution >= 4 is 16.5 Å². The molecule has 2 nitrogen and oxygen atoms in total. The highest BCUT2D eigenvalue weighted by molar-refractivity contribution is 5.91. The van der Waals surface area contributed by atoms with Gasteiger partial charge in [0.25, 0.3) is 5.56 Å². The maximum Gasteiger partial charge on any atom is 0.251 e. The van der Waals surface area contributed by atoms with E-state index in [1.54, 1.807) is 0 Å². The number of rotatable bonds is 1. The van der Waals surface area contributed by atoms with Gasteiger partial charge in [-0.3, -0.25) is 4.79 Å². The number of hydrogen-bond acceptors (Lipinski definition) is 1. The number of aromatic nitrogens is 1. The Kier molecular flexibility index (Phi) is 2.19. The number of pyridine rings is 1. The van der Waals surface area contributed by atoms with E-state index in [2.05, 4.69) is 11.6 Å². The van der Waals surface area contributed by atoms with Crippen LogP contribution in [0.4, 0.5) is 0 Å². The summed E-state index contributed by atoms with van der Waals surface area (Å²) in [6.07, 6.45) is 0. The molecule has 0 fully saturated rings. The molecule has 0 radical (unpaired) electrons. The topological polar surface area (TPSA) is 32.9 Å². The lowest BCUT2D eigenvalue weighted by Crippen LogP contribution is -2.08. The number of aromatic amines is 1. The van der Waals surface area contributed by atoms with Crippen LogP contribution >= 0.6 is 0 Å². The minimum atomic E-state index is -0.0265. The molecule has 1 N–H and O–H groups in total. The van der Waals surface area contributed by atoms with Gasteiger partial charge >= 0.3 is 0 Å². The molecule has 0 saturated carbocycles. The Morgan fingerprint density at radius 2 is 2.13 bits per heavy atom. The lowest BCUT2D eigenvalue weighted by molar-refractivity contribution is 1.23. The lowest BCUT2D eigenvalue weighted by atomic mass is 10.0. The Hall–Kier alpha value is -1.83. The number of allylic oxidation sites excluding steroid dienone is 1. The van der Waals surface area contributed by atoms with E-state index in [9.17, 15) is 4.79 Å². The monoisotopic (exact) mass is 199 g/mol. The average molecular weight is 199 g/mol.